The molecule has 1 aliphatic carbocycles. The van der Waals surface area contributed by atoms with Crippen LogP contribution in [0.25, 0.3) is 0 Å². The van der Waals surface area contributed by atoms with Crippen LogP contribution in [0.15, 0.2) is 0 Å². The van der Waals surface area contributed by atoms with Gasteiger partial charge in [-0.3, -0.25) is 4.79 Å². The summed E-state index contributed by atoms with van der Waals surface area (Å²) in [6.45, 7) is 6.43. The molecule has 0 bridgehead atoms. The lowest BCUT2D eigenvalue weighted by Crippen LogP contribution is -2.45. The predicted molar refractivity (Wildman–Crippen MR) is 78.7 cm³/mol. The molecule has 0 aromatic rings. The molecule has 2 N–H and O–H groups in total. The van der Waals surface area contributed by atoms with Gasteiger partial charge in [0.1, 0.15) is 0 Å². The highest BCUT2D eigenvalue weighted by molar-refractivity contribution is 5.79. The fourth-order valence-electron chi connectivity index (χ4n) is 3.97. The number of hydrogen-bond donors (Lipinski definition) is 1. The maximum atomic E-state index is 12.6. The lowest BCUT2D eigenvalue weighted by Gasteiger charge is -2.37. The zero-order valence-electron chi connectivity index (χ0n) is 12.6. The average Bonchev–Trinajstić information content (AvgIpc) is 2.38. The van der Waals surface area contributed by atoms with Crippen molar-refractivity contribution in [2.24, 2.45) is 23.5 Å². The van der Waals surface area contributed by atoms with E-state index < -0.39 is 0 Å². The maximum absolute atomic E-state index is 12.6. The average molecular weight is 266 g/mol. The van der Waals surface area contributed by atoms with Crippen molar-refractivity contribution < 1.29 is 4.79 Å². The molecule has 3 atom stereocenters. The van der Waals surface area contributed by atoms with Crippen LogP contribution in [0, 0.1) is 17.8 Å². The number of rotatable bonds is 3. The summed E-state index contributed by atoms with van der Waals surface area (Å²) in [5.74, 6) is 2.04. The Balaban J connectivity index is 1.83. The van der Waals surface area contributed by atoms with Gasteiger partial charge in [0.25, 0.3) is 0 Å². The van der Waals surface area contributed by atoms with E-state index in [2.05, 4.69) is 18.7 Å². The molecule has 3 heteroatoms. The maximum Gasteiger partial charge on any atom is 0.225 e. The van der Waals surface area contributed by atoms with Gasteiger partial charge >= 0.3 is 0 Å². The molecule has 2 fully saturated rings. The first-order valence-electron chi connectivity index (χ1n) is 8.14. The summed E-state index contributed by atoms with van der Waals surface area (Å²) >= 11 is 0. The Morgan fingerprint density at radius 3 is 2.47 bits per heavy atom. The summed E-state index contributed by atoms with van der Waals surface area (Å²) in [6.07, 6.45) is 8.03. The Morgan fingerprint density at radius 2 is 1.89 bits per heavy atom. The number of nitrogens with zero attached hydrogens (tertiary/aromatic N) is 1. The first-order chi connectivity index (χ1) is 9.10. The second-order valence-electron chi connectivity index (χ2n) is 6.83. The summed E-state index contributed by atoms with van der Waals surface area (Å²) in [7, 11) is 0. The van der Waals surface area contributed by atoms with Crippen LogP contribution >= 0.6 is 0 Å². The fraction of sp³-hybridized carbons (Fsp3) is 0.938. The highest BCUT2D eigenvalue weighted by Gasteiger charge is 2.33. The van der Waals surface area contributed by atoms with E-state index >= 15 is 0 Å². The van der Waals surface area contributed by atoms with Crippen molar-refractivity contribution in [1.82, 2.24) is 4.90 Å². The fourth-order valence-corrected chi connectivity index (χ4v) is 3.97. The zero-order chi connectivity index (χ0) is 13.8. The van der Waals surface area contributed by atoms with Gasteiger partial charge < -0.3 is 10.6 Å². The smallest absolute Gasteiger partial charge is 0.225 e. The van der Waals surface area contributed by atoms with E-state index in [1.807, 2.05) is 0 Å². The van der Waals surface area contributed by atoms with Gasteiger partial charge in [-0.15, -0.1) is 0 Å². The minimum absolute atomic E-state index is 0.196. The number of piperidine rings is 1. The molecule has 3 nitrogen and oxygen atoms in total. The molecule has 3 unspecified atom stereocenters. The van der Waals surface area contributed by atoms with Gasteiger partial charge in [-0.1, -0.05) is 26.7 Å². The monoisotopic (exact) mass is 266 g/mol. The van der Waals surface area contributed by atoms with Crippen LogP contribution in [0.2, 0.25) is 0 Å². The number of amides is 1. The molecule has 2 aliphatic rings. The van der Waals surface area contributed by atoms with Gasteiger partial charge in [-0.25, -0.2) is 0 Å². The van der Waals surface area contributed by atoms with Gasteiger partial charge in [0.05, 0.1) is 0 Å². The van der Waals surface area contributed by atoms with Gasteiger partial charge in [0.15, 0.2) is 0 Å². The van der Waals surface area contributed by atoms with Crippen molar-refractivity contribution in [1.29, 1.82) is 0 Å². The van der Waals surface area contributed by atoms with E-state index in [4.69, 9.17) is 5.73 Å². The Bertz CT molecular complexity index is 287. The molecule has 110 valence electrons. The molecular formula is C16H30N2O. The standard InChI is InChI=1S/C16H30N2O/c1-3-4-13-5-7-18(8-6-13)16(19)14-9-12(2)10-15(17)11-14/h12-15H,3-11,17H2,1-2H3. The molecular weight excluding hydrogens is 236 g/mol. The van der Waals surface area contributed by atoms with Gasteiger partial charge in [-0.2, -0.15) is 0 Å². The third-order valence-corrected chi connectivity index (χ3v) is 4.95. The minimum atomic E-state index is 0.196. The first-order valence-corrected chi connectivity index (χ1v) is 8.14. The van der Waals surface area contributed by atoms with E-state index in [9.17, 15) is 4.79 Å². The third-order valence-electron chi connectivity index (χ3n) is 4.95. The highest BCUT2D eigenvalue weighted by atomic mass is 16.2. The third kappa shape index (κ3) is 3.95. The van der Waals surface area contributed by atoms with Crippen molar-refractivity contribution in [2.45, 2.75) is 64.8 Å². The van der Waals surface area contributed by atoms with Crippen LogP contribution in [0.1, 0.15) is 58.8 Å². The van der Waals surface area contributed by atoms with Crippen molar-refractivity contribution in [3.8, 4) is 0 Å². The van der Waals surface area contributed by atoms with Crippen LogP contribution in [0.5, 0.6) is 0 Å². The van der Waals surface area contributed by atoms with Gasteiger partial charge in [0, 0.05) is 25.0 Å². The lowest BCUT2D eigenvalue weighted by atomic mass is 9.79. The molecule has 1 aliphatic heterocycles. The summed E-state index contributed by atoms with van der Waals surface area (Å²) < 4.78 is 0. The molecule has 0 radical (unpaired) electrons. The topological polar surface area (TPSA) is 46.3 Å². The molecule has 1 saturated heterocycles. The molecule has 1 amide bonds. The molecule has 0 aromatic heterocycles. The van der Waals surface area contributed by atoms with Crippen molar-refractivity contribution >= 4 is 5.91 Å². The molecule has 1 saturated carbocycles. The summed E-state index contributed by atoms with van der Waals surface area (Å²) in [4.78, 5) is 14.7. The number of likely N-dealkylation sites (tertiary alicyclic amines) is 1. The summed E-state index contributed by atoms with van der Waals surface area (Å²) in [5.41, 5.74) is 6.07. The zero-order valence-corrected chi connectivity index (χ0v) is 12.6. The number of carbonyl (C=O) groups is 1. The summed E-state index contributed by atoms with van der Waals surface area (Å²) in [5, 5.41) is 0. The van der Waals surface area contributed by atoms with E-state index in [0.717, 1.165) is 38.3 Å². The van der Waals surface area contributed by atoms with Crippen LogP contribution < -0.4 is 5.73 Å². The van der Waals surface area contributed by atoms with Gasteiger partial charge in [-0.05, 0) is 43.9 Å². The molecule has 0 aromatic carbocycles. The Kier molecular flexibility index (Phi) is 5.26. The van der Waals surface area contributed by atoms with E-state index in [0.29, 0.717) is 11.8 Å². The van der Waals surface area contributed by atoms with Crippen LogP contribution in [0.4, 0.5) is 0 Å². The second-order valence-corrected chi connectivity index (χ2v) is 6.83. The lowest BCUT2D eigenvalue weighted by molar-refractivity contribution is -0.138. The SMILES string of the molecule is CCCC1CCN(C(=O)C2CC(C)CC(N)C2)CC1. The molecule has 2 rings (SSSR count). The van der Waals surface area contributed by atoms with E-state index in [-0.39, 0.29) is 12.0 Å². The Labute approximate surface area is 117 Å². The molecule has 0 spiro atoms. The van der Waals surface area contributed by atoms with Crippen LogP contribution in [-0.2, 0) is 4.79 Å². The highest BCUT2D eigenvalue weighted by Crippen LogP contribution is 2.31. The first kappa shape index (κ1) is 14.8. The summed E-state index contributed by atoms with van der Waals surface area (Å²) in [6, 6.07) is 0.232. The Morgan fingerprint density at radius 1 is 1.21 bits per heavy atom. The quantitative estimate of drug-likeness (QED) is 0.854. The van der Waals surface area contributed by atoms with Gasteiger partial charge in [0.2, 0.25) is 5.91 Å². The van der Waals surface area contributed by atoms with E-state index in [1.54, 1.807) is 0 Å². The minimum Gasteiger partial charge on any atom is -0.342 e. The molecule has 1 heterocycles. The number of carbonyl (C=O) groups excluding carboxylic acids is 1. The predicted octanol–water partition coefficient (Wildman–Crippen LogP) is 2.79. The van der Waals surface area contributed by atoms with E-state index in [1.165, 1.54) is 25.7 Å². The van der Waals surface area contributed by atoms with Crippen molar-refractivity contribution in [3.05, 3.63) is 0 Å². The normalized spacial score (nSPS) is 33.4. The Hall–Kier alpha value is -0.570. The number of hydrogen-bond acceptors (Lipinski definition) is 2. The largest absolute Gasteiger partial charge is 0.342 e. The second kappa shape index (κ2) is 6.74. The number of nitrogens with two attached hydrogens (primary N) is 1. The van der Waals surface area contributed by atoms with Crippen molar-refractivity contribution in [2.75, 3.05) is 13.1 Å². The van der Waals surface area contributed by atoms with Crippen LogP contribution in [0.3, 0.4) is 0 Å². The van der Waals surface area contributed by atoms with Crippen molar-refractivity contribution in [3.63, 3.8) is 0 Å². The molecule has 19 heavy (non-hydrogen) atoms. The van der Waals surface area contributed by atoms with Crippen LogP contribution in [-0.4, -0.2) is 29.9 Å².